The average Bonchev–Trinajstić information content (AvgIpc) is 2.01. The molecule has 0 fully saturated rings. The predicted molar refractivity (Wildman–Crippen MR) is 65.5 cm³/mol. The summed E-state index contributed by atoms with van der Waals surface area (Å²) in [4.78, 5) is 0. The summed E-state index contributed by atoms with van der Waals surface area (Å²) in [5.74, 6) is 0.604. The van der Waals surface area contributed by atoms with Gasteiger partial charge in [0.25, 0.3) is 0 Å². The van der Waals surface area contributed by atoms with Crippen LogP contribution in [-0.2, 0) is 0 Å². The molecule has 0 bridgehead atoms. The fraction of sp³-hybridized carbons (Fsp3) is 0.455. The van der Waals surface area contributed by atoms with E-state index in [-0.39, 0.29) is 6.04 Å². The van der Waals surface area contributed by atoms with Crippen molar-refractivity contribution >= 4 is 27.5 Å². The van der Waals surface area contributed by atoms with E-state index in [1.165, 1.54) is 0 Å². The van der Waals surface area contributed by atoms with E-state index in [9.17, 15) is 0 Å². The second kappa shape index (κ2) is 5.15. The van der Waals surface area contributed by atoms with Crippen LogP contribution in [0.2, 0.25) is 5.02 Å². The molecular formula is C11H15BrClN. The first-order valence-corrected chi connectivity index (χ1v) is 5.88. The molecule has 0 aliphatic carbocycles. The number of halogens is 2. The van der Waals surface area contributed by atoms with Crippen LogP contribution >= 0.6 is 27.5 Å². The van der Waals surface area contributed by atoms with E-state index in [4.69, 9.17) is 17.3 Å². The molecule has 0 aliphatic rings. The topological polar surface area (TPSA) is 26.0 Å². The van der Waals surface area contributed by atoms with Crippen LogP contribution in [0.15, 0.2) is 22.7 Å². The zero-order valence-corrected chi connectivity index (χ0v) is 10.8. The van der Waals surface area contributed by atoms with Gasteiger partial charge in [-0.1, -0.05) is 47.4 Å². The molecule has 1 rings (SSSR count). The largest absolute Gasteiger partial charge is 0.324 e. The molecule has 0 saturated heterocycles. The lowest BCUT2D eigenvalue weighted by atomic mass is 9.98. The quantitative estimate of drug-likeness (QED) is 0.882. The van der Waals surface area contributed by atoms with Crippen LogP contribution in [0.1, 0.15) is 31.9 Å². The molecule has 1 aromatic carbocycles. The van der Waals surface area contributed by atoms with Crippen molar-refractivity contribution in [3.05, 3.63) is 33.3 Å². The number of hydrogen-bond donors (Lipinski definition) is 1. The Balaban J connectivity index is 2.84. The zero-order chi connectivity index (χ0) is 10.7. The highest BCUT2D eigenvalue weighted by Gasteiger charge is 2.11. The maximum atomic E-state index is 6.07. The number of benzene rings is 1. The lowest BCUT2D eigenvalue weighted by molar-refractivity contribution is 0.509. The van der Waals surface area contributed by atoms with Gasteiger partial charge in [0, 0.05) is 15.5 Å². The highest BCUT2D eigenvalue weighted by Crippen LogP contribution is 2.28. The maximum Gasteiger partial charge on any atom is 0.0417 e. The molecule has 78 valence electrons. The van der Waals surface area contributed by atoms with E-state index in [0.717, 1.165) is 21.5 Å². The van der Waals surface area contributed by atoms with Gasteiger partial charge in [-0.3, -0.25) is 0 Å². The Labute approximate surface area is 98.8 Å². The maximum absolute atomic E-state index is 6.07. The van der Waals surface area contributed by atoms with E-state index in [1.54, 1.807) is 0 Å². The second-order valence-electron chi connectivity index (χ2n) is 3.90. The zero-order valence-electron chi connectivity index (χ0n) is 8.43. The number of hydrogen-bond acceptors (Lipinski definition) is 1. The van der Waals surface area contributed by atoms with Gasteiger partial charge in [0.1, 0.15) is 0 Å². The summed E-state index contributed by atoms with van der Waals surface area (Å²) >= 11 is 9.33. The van der Waals surface area contributed by atoms with Crippen molar-refractivity contribution in [2.45, 2.75) is 26.3 Å². The van der Waals surface area contributed by atoms with E-state index in [1.807, 2.05) is 18.2 Å². The lowest BCUT2D eigenvalue weighted by Gasteiger charge is -2.16. The predicted octanol–water partition coefficient (Wildman–Crippen LogP) is 4.15. The fourth-order valence-electron chi connectivity index (χ4n) is 1.44. The number of nitrogens with two attached hydrogens (primary N) is 1. The highest BCUT2D eigenvalue weighted by molar-refractivity contribution is 9.10. The third-order valence-corrected chi connectivity index (χ3v) is 3.01. The third-order valence-electron chi connectivity index (χ3n) is 2.09. The van der Waals surface area contributed by atoms with E-state index in [2.05, 4.69) is 29.8 Å². The van der Waals surface area contributed by atoms with Gasteiger partial charge in [0.15, 0.2) is 0 Å². The lowest BCUT2D eigenvalue weighted by Crippen LogP contribution is -2.13. The normalized spacial score (nSPS) is 13.3. The molecule has 0 heterocycles. The SMILES string of the molecule is CC(C)C[C@H](N)c1ccc(Cl)cc1Br. The summed E-state index contributed by atoms with van der Waals surface area (Å²) in [5, 5.41) is 0.734. The van der Waals surface area contributed by atoms with Gasteiger partial charge in [-0.15, -0.1) is 0 Å². The van der Waals surface area contributed by atoms with E-state index >= 15 is 0 Å². The van der Waals surface area contributed by atoms with Crippen molar-refractivity contribution in [1.82, 2.24) is 0 Å². The molecule has 1 nitrogen and oxygen atoms in total. The van der Waals surface area contributed by atoms with Crippen LogP contribution in [0.5, 0.6) is 0 Å². The molecule has 0 unspecified atom stereocenters. The summed E-state index contributed by atoms with van der Waals surface area (Å²) in [6.45, 7) is 4.34. The van der Waals surface area contributed by atoms with Gasteiger partial charge in [0.05, 0.1) is 0 Å². The molecule has 2 N–H and O–H groups in total. The Morgan fingerprint density at radius 3 is 2.57 bits per heavy atom. The summed E-state index contributed by atoms with van der Waals surface area (Å²) in [6, 6.07) is 5.83. The Bertz CT molecular complexity index is 312. The fourth-order valence-corrected chi connectivity index (χ4v) is 2.41. The van der Waals surface area contributed by atoms with Crippen molar-refractivity contribution < 1.29 is 0 Å². The minimum atomic E-state index is 0.0849. The van der Waals surface area contributed by atoms with Crippen LogP contribution in [0, 0.1) is 5.92 Å². The van der Waals surface area contributed by atoms with Crippen molar-refractivity contribution in [1.29, 1.82) is 0 Å². The Morgan fingerprint density at radius 1 is 1.43 bits per heavy atom. The van der Waals surface area contributed by atoms with Crippen LogP contribution in [0.3, 0.4) is 0 Å². The van der Waals surface area contributed by atoms with Crippen molar-refractivity contribution in [3.8, 4) is 0 Å². The Morgan fingerprint density at radius 2 is 2.07 bits per heavy atom. The summed E-state index contributed by atoms with van der Waals surface area (Å²) in [7, 11) is 0. The monoisotopic (exact) mass is 275 g/mol. The summed E-state index contributed by atoms with van der Waals surface area (Å²) in [5.41, 5.74) is 7.20. The highest BCUT2D eigenvalue weighted by atomic mass is 79.9. The minimum absolute atomic E-state index is 0.0849. The van der Waals surface area contributed by atoms with Crippen molar-refractivity contribution in [3.63, 3.8) is 0 Å². The number of rotatable bonds is 3. The molecule has 0 spiro atoms. The smallest absolute Gasteiger partial charge is 0.0417 e. The Hall–Kier alpha value is -0.0500. The van der Waals surface area contributed by atoms with Crippen molar-refractivity contribution in [2.75, 3.05) is 0 Å². The first-order chi connectivity index (χ1) is 6.50. The van der Waals surface area contributed by atoms with E-state index in [0.29, 0.717) is 5.92 Å². The molecule has 14 heavy (non-hydrogen) atoms. The van der Waals surface area contributed by atoms with Crippen LogP contribution < -0.4 is 5.73 Å². The molecule has 0 saturated carbocycles. The second-order valence-corrected chi connectivity index (χ2v) is 5.19. The average molecular weight is 277 g/mol. The van der Waals surface area contributed by atoms with Gasteiger partial charge in [-0.2, -0.15) is 0 Å². The summed E-state index contributed by atoms with van der Waals surface area (Å²) < 4.78 is 0.998. The Kier molecular flexibility index (Phi) is 4.42. The molecule has 1 atom stereocenters. The van der Waals surface area contributed by atoms with Crippen LogP contribution in [-0.4, -0.2) is 0 Å². The molecule has 1 aromatic rings. The molecule has 0 radical (unpaired) electrons. The third kappa shape index (κ3) is 3.26. The van der Waals surface area contributed by atoms with Gasteiger partial charge in [0.2, 0.25) is 0 Å². The summed E-state index contributed by atoms with van der Waals surface area (Å²) in [6.07, 6.45) is 0.986. The molecular weight excluding hydrogens is 261 g/mol. The van der Waals surface area contributed by atoms with Gasteiger partial charge in [-0.25, -0.2) is 0 Å². The molecule has 0 aromatic heterocycles. The molecule has 0 amide bonds. The van der Waals surface area contributed by atoms with Gasteiger partial charge in [-0.05, 0) is 30.0 Å². The first kappa shape index (κ1) is 12.0. The molecule has 3 heteroatoms. The minimum Gasteiger partial charge on any atom is -0.324 e. The first-order valence-electron chi connectivity index (χ1n) is 4.71. The van der Waals surface area contributed by atoms with Gasteiger partial charge >= 0.3 is 0 Å². The molecule has 0 aliphatic heterocycles. The van der Waals surface area contributed by atoms with Crippen LogP contribution in [0.25, 0.3) is 0 Å². The van der Waals surface area contributed by atoms with Crippen LogP contribution in [0.4, 0.5) is 0 Å². The van der Waals surface area contributed by atoms with Gasteiger partial charge < -0.3 is 5.73 Å². The van der Waals surface area contributed by atoms with Crippen molar-refractivity contribution in [2.24, 2.45) is 11.7 Å². The standard InChI is InChI=1S/C11H15BrClN/c1-7(2)5-11(14)9-4-3-8(13)6-10(9)12/h3-4,6-7,11H,5,14H2,1-2H3/t11-/m0/s1. The van der Waals surface area contributed by atoms with E-state index < -0.39 is 0 Å².